The van der Waals surface area contributed by atoms with E-state index in [2.05, 4.69) is 15.4 Å². The number of nitrogens with zero attached hydrogens (tertiary/aromatic N) is 4. The Kier molecular flexibility index (Phi) is 6.35. The van der Waals surface area contributed by atoms with Crippen LogP contribution in [0.3, 0.4) is 0 Å². The van der Waals surface area contributed by atoms with Gasteiger partial charge in [-0.2, -0.15) is 5.10 Å². The number of carbonyl (C=O) groups is 1. The predicted molar refractivity (Wildman–Crippen MR) is 141 cm³/mol. The fraction of sp³-hybridized carbons (Fsp3) is 0.179. The highest BCUT2D eigenvalue weighted by atomic mass is 35.5. The summed E-state index contributed by atoms with van der Waals surface area (Å²) in [5, 5.41) is 19.5. The van der Waals surface area contributed by atoms with E-state index in [-0.39, 0.29) is 16.6 Å². The van der Waals surface area contributed by atoms with Gasteiger partial charge in [0.15, 0.2) is 5.60 Å². The molecule has 2 N–H and O–H groups in total. The van der Waals surface area contributed by atoms with Gasteiger partial charge in [0.25, 0.3) is 5.91 Å². The van der Waals surface area contributed by atoms with E-state index >= 15 is 0 Å². The lowest BCUT2D eigenvalue weighted by Gasteiger charge is -2.31. The van der Waals surface area contributed by atoms with Crippen molar-refractivity contribution in [3.8, 4) is 0 Å². The van der Waals surface area contributed by atoms with Crippen LogP contribution >= 0.6 is 11.6 Å². The molecule has 0 unspecified atom stereocenters. The van der Waals surface area contributed by atoms with Gasteiger partial charge in [0, 0.05) is 19.3 Å². The van der Waals surface area contributed by atoms with Crippen LogP contribution in [0, 0.1) is 0 Å². The van der Waals surface area contributed by atoms with E-state index in [4.69, 9.17) is 11.6 Å². The van der Waals surface area contributed by atoms with Crippen molar-refractivity contribution in [2.45, 2.75) is 32.5 Å². The van der Waals surface area contributed by atoms with Crippen molar-refractivity contribution in [3.63, 3.8) is 0 Å². The lowest BCUT2D eigenvalue weighted by Crippen LogP contribution is -2.31. The molecule has 1 amide bonds. The first-order valence-electron chi connectivity index (χ1n) is 11.8. The molecule has 5 rings (SSSR count). The number of halogens is 1. The Morgan fingerprint density at radius 1 is 1.00 bits per heavy atom. The average Bonchev–Trinajstić information content (AvgIpc) is 3.52. The summed E-state index contributed by atoms with van der Waals surface area (Å²) in [7, 11) is 0. The molecule has 0 aliphatic rings. The van der Waals surface area contributed by atoms with E-state index in [1.165, 1.54) is 0 Å². The SMILES string of the molecule is CCn1cc(NC(=O)c2cc3c(cc(C(O)(c4ccccc4)c4ccccc4)n3CC)nc2Cl)cn1. The second kappa shape index (κ2) is 9.60. The van der Waals surface area contributed by atoms with E-state index in [0.29, 0.717) is 35.5 Å². The maximum atomic E-state index is 13.1. The first-order chi connectivity index (χ1) is 17.5. The fourth-order valence-electron chi connectivity index (χ4n) is 4.57. The highest BCUT2D eigenvalue weighted by molar-refractivity contribution is 6.33. The van der Waals surface area contributed by atoms with Gasteiger partial charge in [0.1, 0.15) is 5.15 Å². The second-order valence-corrected chi connectivity index (χ2v) is 8.84. The van der Waals surface area contributed by atoms with Gasteiger partial charge in [0.2, 0.25) is 0 Å². The lowest BCUT2D eigenvalue weighted by atomic mass is 9.83. The molecule has 0 spiro atoms. The van der Waals surface area contributed by atoms with Gasteiger partial charge in [0.05, 0.1) is 34.2 Å². The predicted octanol–water partition coefficient (Wildman–Crippen LogP) is 5.46. The van der Waals surface area contributed by atoms with Crippen LogP contribution < -0.4 is 5.32 Å². The quantitative estimate of drug-likeness (QED) is 0.291. The van der Waals surface area contributed by atoms with Crippen molar-refractivity contribution in [2.75, 3.05) is 5.32 Å². The largest absolute Gasteiger partial charge is 0.375 e. The van der Waals surface area contributed by atoms with E-state index in [0.717, 1.165) is 11.1 Å². The molecule has 0 atom stereocenters. The summed E-state index contributed by atoms with van der Waals surface area (Å²) in [6.45, 7) is 5.21. The molecule has 36 heavy (non-hydrogen) atoms. The lowest BCUT2D eigenvalue weighted by molar-refractivity contribution is 0.102. The van der Waals surface area contributed by atoms with E-state index < -0.39 is 5.60 Å². The minimum atomic E-state index is -1.44. The average molecular weight is 500 g/mol. The van der Waals surface area contributed by atoms with Crippen LogP contribution in [-0.4, -0.2) is 30.3 Å². The van der Waals surface area contributed by atoms with E-state index in [1.54, 1.807) is 23.1 Å². The molecule has 182 valence electrons. The molecule has 3 heterocycles. The number of fused-ring (bicyclic) bond motifs is 1. The Balaban J connectivity index is 1.65. The summed E-state index contributed by atoms with van der Waals surface area (Å²) in [5.41, 5.74) is 2.78. The smallest absolute Gasteiger partial charge is 0.258 e. The number of pyridine rings is 1. The normalized spacial score (nSPS) is 11.7. The summed E-state index contributed by atoms with van der Waals surface area (Å²) >= 11 is 6.49. The highest BCUT2D eigenvalue weighted by Gasteiger charge is 2.37. The Morgan fingerprint density at radius 3 is 2.19 bits per heavy atom. The molecule has 0 fully saturated rings. The molecule has 0 radical (unpaired) electrons. The van der Waals surface area contributed by atoms with Gasteiger partial charge in [-0.05, 0) is 37.1 Å². The molecule has 2 aromatic carbocycles. The van der Waals surface area contributed by atoms with E-state index in [9.17, 15) is 9.90 Å². The first-order valence-corrected chi connectivity index (χ1v) is 12.2. The minimum absolute atomic E-state index is 0.0886. The molecule has 3 aromatic heterocycles. The summed E-state index contributed by atoms with van der Waals surface area (Å²) in [5.74, 6) is -0.378. The molecule has 0 aliphatic carbocycles. The highest BCUT2D eigenvalue weighted by Crippen LogP contribution is 2.39. The molecule has 8 heteroatoms. The molecule has 0 bridgehead atoms. The molecule has 0 saturated carbocycles. The van der Waals surface area contributed by atoms with Gasteiger partial charge in [-0.15, -0.1) is 0 Å². The number of aryl methyl sites for hydroxylation is 2. The zero-order valence-electron chi connectivity index (χ0n) is 20.0. The number of nitrogens with one attached hydrogen (secondary N) is 1. The van der Waals surface area contributed by atoms with Gasteiger partial charge >= 0.3 is 0 Å². The zero-order valence-corrected chi connectivity index (χ0v) is 20.8. The van der Waals surface area contributed by atoms with Crippen LogP contribution in [0.1, 0.15) is 41.0 Å². The maximum Gasteiger partial charge on any atom is 0.258 e. The number of hydrogen-bond donors (Lipinski definition) is 2. The number of benzene rings is 2. The summed E-state index contributed by atoms with van der Waals surface area (Å²) in [6, 6.07) is 22.6. The van der Waals surface area contributed by atoms with Crippen molar-refractivity contribution in [2.24, 2.45) is 0 Å². The maximum absolute atomic E-state index is 13.1. The van der Waals surface area contributed by atoms with Crippen LogP contribution in [0.25, 0.3) is 11.0 Å². The monoisotopic (exact) mass is 499 g/mol. The second-order valence-electron chi connectivity index (χ2n) is 8.49. The summed E-state index contributed by atoms with van der Waals surface area (Å²) < 4.78 is 3.70. The standard InChI is InChI=1S/C28H26ClN5O2/c1-3-33-18-21(17-30-33)31-27(35)22-15-24-23(32-26(22)29)16-25(34(24)4-2)28(36,19-11-7-5-8-12-19)20-13-9-6-10-14-20/h5-18,36H,3-4H2,1-2H3,(H,31,35). The van der Waals surface area contributed by atoms with Crippen molar-refractivity contribution in [3.05, 3.63) is 113 Å². The first kappa shape index (κ1) is 23.8. The van der Waals surface area contributed by atoms with Crippen LogP contribution in [-0.2, 0) is 18.7 Å². The number of aromatic nitrogens is 4. The Hall–Kier alpha value is -3.94. The third-order valence-electron chi connectivity index (χ3n) is 6.37. The number of hydrogen-bond acceptors (Lipinski definition) is 4. The number of carbonyl (C=O) groups excluding carboxylic acids is 1. The topological polar surface area (TPSA) is 85.0 Å². The number of amides is 1. The number of rotatable bonds is 7. The Bertz CT molecular complexity index is 1490. The van der Waals surface area contributed by atoms with Crippen LogP contribution in [0.4, 0.5) is 5.69 Å². The third-order valence-corrected chi connectivity index (χ3v) is 6.66. The zero-order chi connectivity index (χ0) is 25.3. The summed E-state index contributed by atoms with van der Waals surface area (Å²) in [6.07, 6.45) is 3.35. The number of anilines is 1. The van der Waals surface area contributed by atoms with Crippen molar-refractivity contribution < 1.29 is 9.90 Å². The van der Waals surface area contributed by atoms with Crippen LogP contribution in [0.5, 0.6) is 0 Å². The van der Waals surface area contributed by atoms with Crippen molar-refractivity contribution >= 4 is 34.2 Å². The molecule has 5 aromatic rings. The molecular formula is C28H26ClN5O2. The third kappa shape index (κ3) is 4.06. The van der Waals surface area contributed by atoms with Crippen LogP contribution in [0.2, 0.25) is 5.15 Å². The summed E-state index contributed by atoms with van der Waals surface area (Å²) in [4.78, 5) is 17.6. The van der Waals surface area contributed by atoms with Gasteiger partial charge in [-0.25, -0.2) is 4.98 Å². The Morgan fingerprint density at radius 2 is 1.64 bits per heavy atom. The Labute approximate surface area is 214 Å². The van der Waals surface area contributed by atoms with Crippen LogP contribution in [0.15, 0.2) is 85.2 Å². The van der Waals surface area contributed by atoms with Gasteiger partial charge in [-0.1, -0.05) is 72.3 Å². The number of aliphatic hydroxyl groups is 1. The molecule has 0 aliphatic heterocycles. The fourth-order valence-corrected chi connectivity index (χ4v) is 4.80. The minimum Gasteiger partial charge on any atom is -0.375 e. The van der Waals surface area contributed by atoms with Gasteiger partial charge < -0.3 is 15.0 Å². The van der Waals surface area contributed by atoms with E-state index in [1.807, 2.05) is 85.1 Å². The van der Waals surface area contributed by atoms with Crippen molar-refractivity contribution in [1.82, 2.24) is 19.3 Å². The molecular weight excluding hydrogens is 474 g/mol. The molecule has 7 nitrogen and oxygen atoms in total. The van der Waals surface area contributed by atoms with Gasteiger partial charge in [-0.3, -0.25) is 9.48 Å². The molecule has 0 saturated heterocycles. The van der Waals surface area contributed by atoms with Crippen molar-refractivity contribution in [1.29, 1.82) is 0 Å².